The van der Waals surface area contributed by atoms with Gasteiger partial charge in [-0.15, -0.1) is 0 Å². The van der Waals surface area contributed by atoms with Gasteiger partial charge in [-0.1, -0.05) is 66.7 Å². The van der Waals surface area contributed by atoms with E-state index in [0.29, 0.717) is 40.1 Å². The first-order chi connectivity index (χ1) is 21.3. The van der Waals surface area contributed by atoms with Crippen LogP contribution in [0.2, 0.25) is 10.0 Å². The first kappa shape index (κ1) is 33.2. The number of likely N-dealkylation sites (tertiary alicyclic amines) is 2. The Morgan fingerprint density at radius 1 is 0.841 bits per heavy atom. The fourth-order valence-corrected chi connectivity index (χ4v) is 7.90. The number of rotatable bonds is 10. The molecule has 0 N–H and O–H groups in total. The van der Waals surface area contributed by atoms with Crippen LogP contribution >= 0.6 is 23.2 Å². The summed E-state index contributed by atoms with van der Waals surface area (Å²) in [5.41, 5.74) is 1.80. The van der Waals surface area contributed by atoms with Crippen LogP contribution in [0, 0.1) is 5.92 Å². The summed E-state index contributed by atoms with van der Waals surface area (Å²) in [5, 5.41) is 1.09. The second-order valence-corrected chi connectivity index (χ2v) is 14.2. The number of amides is 2. The van der Waals surface area contributed by atoms with Gasteiger partial charge in [-0.2, -0.15) is 0 Å². The minimum Gasteiger partial charge on any atom is -0.341 e. The van der Waals surface area contributed by atoms with Crippen molar-refractivity contribution in [1.82, 2.24) is 19.6 Å². The molecular formula is C36H50Cl2N4O2. The lowest BCUT2D eigenvalue weighted by Crippen LogP contribution is -2.56. The fourth-order valence-electron chi connectivity index (χ4n) is 7.60. The van der Waals surface area contributed by atoms with E-state index in [2.05, 4.69) is 21.7 Å². The second-order valence-electron chi connectivity index (χ2n) is 13.4. The molecule has 0 bridgehead atoms. The maximum atomic E-state index is 14.0. The lowest BCUT2D eigenvalue weighted by Gasteiger charge is -2.46. The van der Waals surface area contributed by atoms with Crippen LogP contribution in [0.3, 0.4) is 0 Å². The number of nitrogens with zero attached hydrogens (tertiary/aromatic N) is 4. The van der Waals surface area contributed by atoms with Gasteiger partial charge in [-0.25, -0.2) is 0 Å². The highest BCUT2D eigenvalue weighted by molar-refractivity contribution is 6.42. The number of piperidine rings is 2. The van der Waals surface area contributed by atoms with Gasteiger partial charge in [0.05, 0.1) is 10.0 Å². The fraction of sp³-hybridized carbons (Fsp3) is 0.611. The van der Waals surface area contributed by atoms with Gasteiger partial charge in [0.2, 0.25) is 5.91 Å². The van der Waals surface area contributed by atoms with Crippen molar-refractivity contribution in [3.63, 3.8) is 0 Å². The zero-order valence-electron chi connectivity index (χ0n) is 26.6. The third-order valence-corrected chi connectivity index (χ3v) is 11.1. The summed E-state index contributed by atoms with van der Waals surface area (Å²) >= 11 is 12.7. The van der Waals surface area contributed by atoms with Crippen molar-refractivity contribution >= 4 is 35.0 Å². The smallest absolute Gasteiger partial charge is 0.253 e. The van der Waals surface area contributed by atoms with Crippen molar-refractivity contribution in [3.05, 3.63) is 69.7 Å². The second kappa shape index (κ2) is 15.9. The Bertz CT molecular complexity index is 1220. The number of likely N-dealkylation sites (N-methyl/N-ethyl adjacent to an activating group) is 1. The topological polar surface area (TPSA) is 47.1 Å². The molecule has 5 rings (SSSR count). The van der Waals surface area contributed by atoms with Crippen LogP contribution in [0.4, 0.5) is 0 Å². The van der Waals surface area contributed by atoms with Crippen LogP contribution in [0.25, 0.3) is 0 Å². The maximum absolute atomic E-state index is 14.0. The molecule has 8 heteroatoms. The molecule has 1 atom stereocenters. The molecule has 0 radical (unpaired) electrons. The lowest BCUT2D eigenvalue weighted by atomic mass is 9.86. The monoisotopic (exact) mass is 640 g/mol. The highest BCUT2D eigenvalue weighted by Crippen LogP contribution is 2.33. The molecule has 1 saturated carbocycles. The largest absolute Gasteiger partial charge is 0.341 e. The van der Waals surface area contributed by atoms with Crippen molar-refractivity contribution in [3.8, 4) is 0 Å². The molecule has 2 aromatic carbocycles. The molecule has 0 unspecified atom stereocenters. The molecule has 240 valence electrons. The Morgan fingerprint density at radius 2 is 1.48 bits per heavy atom. The molecule has 0 spiro atoms. The third-order valence-electron chi connectivity index (χ3n) is 10.3. The van der Waals surface area contributed by atoms with Gasteiger partial charge in [0.15, 0.2) is 0 Å². The van der Waals surface area contributed by atoms with Gasteiger partial charge < -0.3 is 19.6 Å². The van der Waals surface area contributed by atoms with Gasteiger partial charge in [0.25, 0.3) is 5.91 Å². The molecule has 1 aliphatic carbocycles. The number of carbonyl (C=O) groups excluding carboxylic acids is 2. The molecule has 2 amide bonds. The zero-order valence-corrected chi connectivity index (χ0v) is 28.1. The summed E-state index contributed by atoms with van der Waals surface area (Å²) in [7, 11) is 4.08. The molecule has 3 aliphatic rings. The molecule has 44 heavy (non-hydrogen) atoms. The predicted molar refractivity (Wildman–Crippen MR) is 181 cm³/mol. The Kier molecular flexibility index (Phi) is 12.0. The van der Waals surface area contributed by atoms with E-state index in [9.17, 15) is 9.59 Å². The van der Waals surface area contributed by atoms with E-state index in [4.69, 9.17) is 23.2 Å². The van der Waals surface area contributed by atoms with Gasteiger partial charge >= 0.3 is 0 Å². The van der Waals surface area contributed by atoms with E-state index < -0.39 is 0 Å². The zero-order chi connectivity index (χ0) is 31.1. The van der Waals surface area contributed by atoms with E-state index in [1.807, 2.05) is 60.5 Å². The van der Waals surface area contributed by atoms with Gasteiger partial charge in [0.1, 0.15) is 0 Å². The quantitative estimate of drug-likeness (QED) is 0.275. The van der Waals surface area contributed by atoms with E-state index in [0.717, 1.165) is 83.2 Å². The number of benzene rings is 2. The third kappa shape index (κ3) is 8.57. The first-order valence-electron chi connectivity index (χ1n) is 16.8. The summed E-state index contributed by atoms with van der Waals surface area (Å²) in [6, 6.07) is 16.0. The number of hydrogen-bond donors (Lipinski definition) is 0. The van der Waals surface area contributed by atoms with E-state index in [1.54, 1.807) is 0 Å². The van der Waals surface area contributed by atoms with Crippen molar-refractivity contribution in [2.24, 2.45) is 5.92 Å². The molecule has 0 aromatic heterocycles. The van der Waals surface area contributed by atoms with Crippen molar-refractivity contribution in [2.45, 2.75) is 82.2 Å². The van der Waals surface area contributed by atoms with Crippen LogP contribution in [-0.4, -0.2) is 96.9 Å². The van der Waals surface area contributed by atoms with Crippen LogP contribution in [0.1, 0.15) is 86.0 Å². The Hall–Kier alpha value is -2.12. The average molecular weight is 642 g/mol. The molecule has 2 aliphatic heterocycles. The Balaban J connectivity index is 1.22. The summed E-state index contributed by atoms with van der Waals surface area (Å²) in [5.74, 6) is 0.823. The van der Waals surface area contributed by atoms with Crippen LogP contribution in [0.5, 0.6) is 0 Å². The highest BCUT2D eigenvalue weighted by Gasteiger charge is 2.37. The molecule has 3 fully saturated rings. The highest BCUT2D eigenvalue weighted by atomic mass is 35.5. The summed E-state index contributed by atoms with van der Waals surface area (Å²) in [6.07, 6.45) is 11.0. The Labute approximate surface area is 274 Å². The molecule has 2 heterocycles. The predicted octanol–water partition coefficient (Wildman–Crippen LogP) is 7.21. The number of hydrogen-bond acceptors (Lipinski definition) is 4. The molecule has 2 aromatic rings. The van der Waals surface area contributed by atoms with E-state index in [-0.39, 0.29) is 17.7 Å². The molecular weight excluding hydrogens is 591 g/mol. The average Bonchev–Trinajstić information content (AvgIpc) is 3.06. The van der Waals surface area contributed by atoms with Gasteiger partial charge in [-0.05, 0) is 101 Å². The van der Waals surface area contributed by atoms with Gasteiger partial charge in [-0.3, -0.25) is 9.59 Å². The van der Waals surface area contributed by atoms with Crippen molar-refractivity contribution < 1.29 is 9.59 Å². The normalized spacial score (nSPS) is 20.4. The molecule has 6 nitrogen and oxygen atoms in total. The first-order valence-corrected chi connectivity index (χ1v) is 17.5. The van der Waals surface area contributed by atoms with Gasteiger partial charge in [0, 0.05) is 56.2 Å². The minimum absolute atomic E-state index is 0.0214. The van der Waals surface area contributed by atoms with E-state index >= 15 is 0 Å². The number of halogens is 2. The van der Waals surface area contributed by atoms with Crippen molar-refractivity contribution in [2.75, 3.05) is 53.4 Å². The summed E-state index contributed by atoms with van der Waals surface area (Å²) in [6.45, 7) is 5.69. The number of carbonyl (C=O) groups is 2. The van der Waals surface area contributed by atoms with Crippen LogP contribution < -0.4 is 0 Å². The van der Waals surface area contributed by atoms with Crippen molar-refractivity contribution in [1.29, 1.82) is 0 Å². The lowest BCUT2D eigenvalue weighted by molar-refractivity contribution is -0.144. The summed E-state index contributed by atoms with van der Waals surface area (Å²) in [4.78, 5) is 36.3. The standard InChI is InChI=1S/C36H50Cl2N4O2/c1-39-20-16-31(17-21-39)42(36(44)28-11-7-4-8-12-28)32-18-23-41(24-19-32)22-15-30(29-13-14-33(37)34(38)25-29)26-40(2)35(43)27-9-5-3-6-10-27/h3,5-6,9-10,13-14,25,28,30-32H,4,7-8,11-12,15-24,26H2,1-2H3/t30-/m1/s1. The van der Waals surface area contributed by atoms with Crippen LogP contribution in [0.15, 0.2) is 48.5 Å². The minimum atomic E-state index is 0.0214. The maximum Gasteiger partial charge on any atom is 0.253 e. The Morgan fingerprint density at radius 3 is 2.11 bits per heavy atom. The van der Waals surface area contributed by atoms with E-state index in [1.165, 1.54) is 19.3 Å². The molecule has 2 saturated heterocycles. The summed E-state index contributed by atoms with van der Waals surface area (Å²) < 4.78 is 0. The van der Waals surface area contributed by atoms with Crippen LogP contribution in [-0.2, 0) is 4.79 Å². The SMILES string of the molecule is CN1CCC(N(C(=O)C2CCCCC2)C2CCN(CC[C@H](CN(C)C(=O)c3ccccc3)c3ccc(Cl)c(Cl)c3)CC2)CC1.